The number of ether oxygens (including phenoxy) is 3. The summed E-state index contributed by atoms with van der Waals surface area (Å²) < 4.78 is 54.6. The molecular formula is C20H22F3NO4. The Hall–Kier alpha value is -2.90. The summed E-state index contributed by atoms with van der Waals surface area (Å²) >= 11 is 0. The van der Waals surface area contributed by atoms with E-state index in [0.717, 1.165) is 10.5 Å². The molecule has 2 rings (SSSR count). The molecule has 2 aromatic carbocycles. The molecule has 0 fully saturated rings. The molecule has 0 aliphatic carbocycles. The predicted octanol–water partition coefficient (Wildman–Crippen LogP) is 3.85. The van der Waals surface area contributed by atoms with Gasteiger partial charge in [0.1, 0.15) is 5.75 Å². The predicted molar refractivity (Wildman–Crippen MR) is 97.7 cm³/mol. The van der Waals surface area contributed by atoms with Crippen molar-refractivity contribution in [1.29, 1.82) is 0 Å². The summed E-state index contributed by atoms with van der Waals surface area (Å²) in [5.74, 6) is -0.375. The first kappa shape index (κ1) is 21.4. The van der Waals surface area contributed by atoms with Crippen LogP contribution in [0.25, 0.3) is 0 Å². The molecule has 152 valence electrons. The lowest BCUT2D eigenvalue weighted by atomic mass is 10.1. The Balaban J connectivity index is 2.19. The van der Waals surface area contributed by atoms with Crippen LogP contribution in [0.15, 0.2) is 42.5 Å². The number of hydrogen-bond acceptors (Lipinski definition) is 4. The van der Waals surface area contributed by atoms with Gasteiger partial charge in [0.2, 0.25) is 0 Å². The molecule has 5 nitrogen and oxygen atoms in total. The highest BCUT2D eigenvalue weighted by Crippen LogP contribution is 2.28. The third-order valence-corrected chi connectivity index (χ3v) is 4.16. The van der Waals surface area contributed by atoms with Gasteiger partial charge in [-0.2, -0.15) is 13.2 Å². The molecule has 8 heteroatoms. The van der Waals surface area contributed by atoms with E-state index in [-0.39, 0.29) is 19.5 Å². The maximum Gasteiger partial charge on any atom is 0.471 e. The van der Waals surface area contributed by atoms with E-state index in [1.54, 1.807) is 42.5 Å². The van der Waals surface area contributed by atoms with E-state index in [4.69, 9.17) is 14.2 Å². The minimum Gasteiger partial charge on any atom is -0.497 e. The maximum atomic E-state index is 13.0. The van der Waals surface area contributed by atoms with Gasteiger partial charge < -0.3 is 19.1 Å². The van der Waals surface area contributed by atoms with Gasteiger partial charge in [-0.15, -0.1) is 0 Å². The van der Waals surface area contributed by atoms with E-state index >= 15 is 0 Å². The summed E-state index contributed by atoms with van der Waals surface area (Å²) in [6.45, 7) is -0.284. The van der Waals surface area contributed by atoms with Crippen LogP contribution in [0.3, 0.4) is 0 Å². The number of rotatable bonds is 8. The van der Waals surface area contributed by atoms with E-state index in [0.29, 0.717) is 22.8 Å². The fourth-order valence-corrected chi connectivity index (χ4v) is 2.72. The highest BCUT2D eigenvalue weighted by Gasteiger charge is 2.42. The fraction of sp³-hybridized carbons (Fsp3) is 0.350. The summed E-state index contributed by atoms with van der Waals surface area (Å²) in [7, 11) is 4.44. The standard InChI is InChI=1S/C20H22F3NO4/c1-26-16-6-4-5-15(11-16)13-24(19(25)20(21,22)23)10-9-14-7-8-17(27-2)18(12-14)28-3/h4-8,11-12H,9-10,13H2,1-3H3. The highest BCUT2D eigenvalue weighted by atomic mass is 19.4. The smallest absolute Gasteiger partial charge is 0.471 e. The number of amides is 1. The van der Waals surface area contributed by atoms with Crippen LogP contribution >= 0.6 is 0 Å². The van der Waals surface area contributed by atoms with Crippen LogP contribution in [-0.4, -0.2) is 44.9 Å². The molecule has 1 amide bonds. The number of alkyl halides is 3. The van der Waals surface area contributed by atoms with Crippen LogP contribution < -0.4 is 14.2 Å². The third kappa shape index (κ3) is 5.55. The molecule has 0 aliphatic rings. The van der Waals surface area contributed by atoms with Gasteiger partial charge in [-0.05, 0) is 41.8 Å². The second-order valence-electron chi connectivity index (χ2n) is 6.02. The molecular weight excluding hydrogens is 375 g/mol. The van der Waals surface area contributed by atoms with Crippen LogP contribution in [0.2, 0.25) is 0 Å². The van der Waals surface area contributed by atoms with Gasteiger partial charge >= 0.3 is 12.1 Å². The largest absolute Gasteiger partial charge is 0.497 e. The molecule has 0 saturated carbocycles. The summed E-state index contributed by atoms with van der Waals surface area (Å²) in [4.78, 5) is 12.7. The zero-order valence-electron chi connectivity index (χ0n) is 15.9. The Morgan fingerprint density at radius 1 is 0.929 bits per heavy atom. The van der Waals surface area contributed by atoms with Crippen LogP contribution in [0.5, 0.6) is 17.2 Å². The van der Waals surface area contributed by atoms with Gasteiger partial charge in [0.05, 0.1) is 21.3 Å². The molecule has 0 heterocycles. The number of hydrogen-bond donors (Lipinski definition) is 0. The first-order chi connectivity index (χ1) is 13.3. The average Bonchev–Trinajstić information content (AvgIpc) is 2.69. The van der Waals surface area contributed by atoms with E-state index in [9.17, 15) is 18.0 Å². The van der Waals surface area contributed by atoms with Crippen molar-refractivity contribution in [1.82, 2.24) is 4.90 Å². The molecule has 0 aliphatic heterocycles. The average molecular weight is 397 g/mol. The van der Waals surface area contributed by atoms with Crippen LogP contribution in [-0.2, 0) is 17.8 Å². The lowest BCUT2D eigenvalue weighted by molar-refractivity contribution is -0.186. The van der Waals surface area contributed by atoms with Crippen molar-refractivity contribution >= 4 is 5.91 Å². The zero-order chi connectivity index (χ0) is 20.7. The van der Waals surface area contributed by atoms with Crippen LogP contribution in [0, 0.1) is 0 Å². The zero-order valence-corrected chi connectivity index (χ0v) is 15.9. The Morgan fingerprint density at radius 2 is 1.64 bits per heavy atom. The minimum absolute atomic E-state index is 0.106. The molecule has 0 spiro atoms. The Kier molecular flexibility index (Phi) is 7.14. The number of methoxy groups -OCH3 is 3. The Morgan fingerprint density at radius 3 is 2.25 bits per heavy atom. The summed E-state index contributed by atoms with van der Waals surface area (Å²) in [5, 5.41) is 0. The molecule has 0 bridgehead atoms. The lowest BCUT2D eigenvalue weighted by Crippen LogP contribution is -2.41. The molecule has 0 aromatic heterocycles. The van der Waals surface area contributed by atoms with E-state index < -0.39 is 12.1 Å². The highest BCUT2D eigenvalue weighted by molar-refractivity contribution is 5.81. The summed E-state index contributed by atoms with van der Waals surface area (Å²) in [6.07, 6.45) is -4.72. The van der Waals surface area contributed by atoms with Gasteiger partial charge in [0.25, 0.3) is 0 Å². The fourth-order valence-electron chi connectivity index (χ4n) is 2.72. The van der Waals surface area contributed by atoms with Crippen LogP contribution in [0.1, 0.15) is 11.1 Å². The van der Waals surface area contributed by atoms with Gasteiger partial charge in [0, 0.05) is 13.1 Å². The van der Waals surface area contributed by atoms with Crippen molar-refractivity contribution in [3.63, 3.8) is 0 Å². The second kappa shape index (κ2) is 9.34. The van der Waals surface area contributed by atoms with Crippen molar-refractivity contribution in [3.8, 4) is 17.2 Å². The Labute approximate surface area is 161 Å². The normalized spacial score (nSPS) is 11.1. The van der Waals surface area contributed by atoms with Gasteiger partial charge in [-0.3, -0.25) is 4.79 Å². The molecule has 0 atom stereocenters. The molecule has 0 N–H and O–H groups in total. The molecule has 0 saturated heterocycles. The van der Waals surface area contributed by atoms with Gasteiger partial charge in [-0.25, -0.2) is 0 Å². The SMILES string of the molecule is COc1cccc(CN(CCc2ccc(OC)c(OC)c2)C(=O)C(F)(F)F)c1. The first-order valence-electron chi connectivity index (χ1n) is 8.48. The molecule has 28 heavy (non-hydrogen) atoms. The molecule has 0 radical (unpaired) electrons. The topological polar surface area (TPSA) is 48.0 Å². The maximum absolute atomic E-state index is 13.0. The lowest BCUT2D eigenvalue weighted by Gasteiger charge is -2.24. The number of carbonyl (C=O) groups excluding carboxylic acids is 1. The Bertz CT molecular complexity index is 808. The van der Waals surface area contributed by atoms with Crippen molar-refractivity contribution in [2.24, 2.45) is 0 Å². The van der Waals surface area contributed by atoms with Crippen LogP contribution in [0.4, 0.5) is 13.2 Å². The van der Waals surface area contributed by atoms with E-state index in [1.165, 1.54) is 21.3 Å². The quantitative estimate of drug-likeness (QED) is 0.679. The first-order valence-corrected chi connectivity index (χ1v) is 8.48. The molecule has 0 unspecified atom stereocenters. The number of carbonyl (C=O) groups is 1. The molecule has 2 aromatic rings. The van der Waals surface area contributed by atoms with Crippen molar-refractivity contribution < 1.29 is 32.2 Å². The van der Waals surface area contributed by atoms with Crippen molar-refractivity contribution in [3.05, 3.63) is 53.6 Å². The number of halogens is 3. The van der Waals surface area contributed by atoms with Gasteiger partial charge in [0.15, 0.2) is 11.5 Å². The van der Waals surface area contributed by atoms with Gasteiger partial charge in [-0.1, -0.05) is 18.2 Å². The van der Waals surface area contributed by atoms with E-state index in [2.05, 4.69) is 0 Å². The van der Waals surface area contributed by atoms with E-state index in [1.807, 2.05) is 0 Å². The summed E-state index contributed by atoms with van der Waals surface area (Å²) in [6, 6.07) is 11.7. The van der Waals surface area contributed by atoms with Crippen molar-refractivity contribution in [2.75, 3.05) is 27.9 Å². The second-order valence-corrected chi connectivity index (χ2v) is 6.02. The monoisotopic (exact) mass is 397 g/mol. The van der Waals surface area contributed by atoms with Crippen molar-refractivity contribution in [2.45, 2.75) is 19.1 Å². The third-order valence-electron chi connectivity index (χ3n) is 4.16. The number of nitrogens with zero attached hydrogens (tertiary/aromatic N) is 1. The summed E-state index contributed by atoms with van der Waals surface area (Å²) in [5.41, 5.74) is 1.27. The minimum atomic E-state index is -4.95. The number of benzene rings is 2.